The van der Waals surface area contributed by atoms with Crippen LogP contribution < -0.4 is 13.7 Å². The van der Waals surface area contributed by atoms with Crippen molar-refractivity contribution in [3.05, 3.63) is 46.3 Å². The van der Waals surface area contributed by atoms with E-state index in [1.807, 2.05) is 10.6 Å². The molecule has 0 spiro atoms. The molecule has 10 heteroatoms. The van der Waals surface area contributed by atoms with Crippen LogP contribution in [0, 0.1) is 17.0 Å². The minimum absolute atomic E-state index is 0.0449. The zero-order valence-electron chi connectivity index (χ0n) is 14.8. The minimum Gasteiger partial charge on any atom is -0.367 e. The lowest BCUT2D eigenvalue weighted by Gasteiger charge is -2.18. The average molecular weight is 381 g/mol. The topological polar surface area (TPSA) is 98.6 Å². The lowest BCUT2D eigenvalue weighted by Crippen LogP contribution is -2.31. The summed E-state index contributed by atoms with van der Waals surface area (Å²) in [7, 11) is -1.90. The largest absolute Gasteiger partial charge is 0.472 e. The summed E-state index contributed by atoms with van der Waals surface area (Å²) >= 11 is 0. The molecule has 0 saturated carbocycles. The Morgan fingerprint density at radius 3 is 2.73 bits per heavy atom. The minimum atomic E-state index is -3.62. The SMILES string of the molecule is Cc1cc(N2CCC(n3cc[n+](C)c3OS(C)(=O)=O)C2)ccc1[N+](=O)[O-]. The number of imidazole rings is 1. The molecular formula is C16H21N4O5S+. The number of nitrogens with zero attached hydrogens (tertiary/aromatic N) is 4. The lowest BCUT2D eigenvalue weighted by atomic mass is 10.1. The molecule has 1 unspecified atom stereocenters. The first kappa shape index (κ1) is 18.2. The van der Waals surface area contributed by atoms with Crippen LogP contribution in [0.5, 0.6) is 6.01 Å². The number of hydrogen-bond donors (Lipinski definition) is 0. The van der Waals surface area contributed by atoms with Gasteiger partial charge in [0.2, 0.25) is 0 Å². The van der Waals surface area contributed by atoms with Crippen LogP contribution in [0.2, 0.25) is 0 Å². The highest BCUT2D eigenvalue weighted by atomic mass is 32.2. The molecule has 1 aromatic heterocycles. The standard InChI is InChI=1S/C16H21N4O5S/c1-12-10-13(4-5-15(12)20(21)22)18-7-6-14(11-18)19-9-8-17(2)16(19)25-26(3,23)24/h4-5,8-10,14H,6-7,11H2,1-3H3/q+1. The monoisotopic (exact) mass is 381 g/mol. The molecule has 26 heavy (non-hydrogen) atoms. The molecular weight excluding hydrogens is 360 g/mol. The molecule has 0 aliphatic carbocycles. The highest BCUT2D eigenvalue weighted by Crippen LogP contribution is 2.31. The summed E-state index contributed by atoms with van der Waals surface area (Å²) in [6.45, 7) is 3.15. The van der Waals surface area contributed by atoms with E-state index in [-0.39, 0.29) is 22.7 Å². The first-order valence-electron chi connectivity index (χ1n) is 8.11. The van der Waals surface area contributed by atoms with Crippen LogP contribution in [-0.2, 0) is 17.2 Å². The van der Waals surface area contributed by atoms with Gasteiger partial charge in [0.1, 0.15) is 18.4 Å². The van der Waals surface area contributed by atoms with Gasteiger partial charge in [-0.2, -0.15) is 17.6 Å². The highest BCUT2D eigenvalue weighted by Gasteiger charge is 2.33. The van der Waals surface area contributed by atoms with Crippen molar-refractivity contribution in [1.82, 2.24) is 4.57 Å². The molecule has 1 aliphatic rings. The van der Waals surface area contributed by atoms with Gasteiger partial charge in [-0.05, 0) is 19.1 Å². The van der Waals surface area contributed by atoms with Crippen LogP contribution in [0.3, 0.4) is 0 Å². The van der Waals surface area contributed by atoms with Crippen molar-refractivity contribution in [2.45, 2.75) is 19.4 Å². The molecule has 3 rings (SSSR count). The van der Waals surface area contributed by atoms with E-state index in [0.717, 1.165) is 24.9 Å². The van der Waals surface area contributed by atoms with E-state index < -0.39 is 10.1 Å². The molecule has 0 N–H and O–H groups in total. The van der Waals surface area contributed by atoms with Gasteiger partial charge in [0, 0.05) is 30.3 Å². The summed E-state index contributed by atoms with van der Waals surface area (Å²) in [5.74, 6) is 0. The predicted molar refractivity (Wildman–Crippen MR) is 94.8 cm³/mol. The van der Waals surface area contributed by atoms with Crippen molar-refractivity contribution in [3.8, 4) is 6.01 Å². The fourth-order valence-electron chi connectivity index (χ4n) is 3.24. The Balaban J connectivity index is 1.82. The van der Waals surface area contributed by atoms with Crippen molar-refractivity contribution in [2.75, 3.05) is 24.2 Å². The number of nitro groups is 1. The van der Waals surface area contributed by atoms with Gasteiger partial charge in [-0.25, -0.2) is 0 Å². The smallest absolute Gasteiger partial charge is 0.367 e. The van der Waals surface area contributed by atoms with Gasteiger partial charge in [0.05, 0.1) is 24.8 Å². The Kier molecular flexibility index (Phi) is 4.61. The molecule has 2 aromatic rings. The van der Waals surface area contributed by atoms with Gasteiger partial charge in [-0.15, -0.1) is 0 Å². The maximum Gasteiger partial charge on any atom is 0.472 e. The summed E-state index contributed by atoms with van der Waals surface area (Å²) in [6, 6.07) is 5.38. The quantitative estimate of drug-likeness (QED) is 0.335. The number of nitro benzene ring substituents is 1. The summed E-state index contributed by atoms with van der Waals surface area (Å²) in [5.41, 5.74) is 1.63. The van der Waals surface area contributed by atoms with E-state index in [1.165, 1.54) is 6.07 Å². The first-order chi connectivity index (χ1) is 12.2. The third-order valence-electron chi connectivity index (χ3n) is 4.50. The number of aromatic nitrogens is 2. The number of aryl methyl sites for hydroxylation is 2. The second kappa shape index (κ2) is 6.60. The van der Waals surface area contributed by atoms with E-state index in [1.54, 1.807) is 37.0 Å². The maximum atomic E-state index is 11.5. The number of rotatable bonds is 5. The number of hydrogen-bond acceptors (Lipinski definition) is 6. The first-order valence-corrected chi connectivity index (χ1v) is 9.93. The third-order valence-corrected chi connectivity index (χ3v) is 4.95. The van der Waals surface area contributed by atoms with Crippen LogP contribution >= 0.6 is 0 Å². The van der Waals surface area contributed by atoms with Crippen LogP contribution in [0.25, 0.3) is 0 Å². The summed E-state index contributed by atoms with van der Waals surface area (Å²) in [4.78, 5) is 12.7. The van der Waals surface area contributed by atoms with E-state index >= 15 is 0 Å². The van der Waals surface area contributed by atoms with Gasteiger partial charge >= 0.3 is 16.1 Å². The highest BCUT2D eigenvalue weighted by molar-refractivity contribution is 7.86. The van der Waals surface area contributed by atoms with Crippen LogP contribution in [0.15, 0.2) is 30.6 Å². The Bertz CT molecular complexity index is 954. The van der Waals surface area contributed by atoms with E-state index in [9.17, 15) is 18.5 Å². The number of anilines is 1. The van der Waals surface area contributed by atoms with E-state index in [4.69, 9.17) is 4.18 Å². The van der Waals surface area contributed by atoms with Gasteiger partial charge in [-0.3, -0.25) is 10.1 Å². The Morgan fingerprint density at radius 2 is 2.12 bits per heavy atom. The van der Waals surface area contributed by atoms with Crippen molar-refractivity contribution in [2.24, 2.45) is 7.05 Å². The second-order valence-corrected chi connectivity index (χ2v) is 8.08. The van der Waals surface area contributed by atoms with E-state index in [2.05, 4.69) is 4.90 Å². The number of benzene rings is 1. The molecule has 140 valence electrons. The van der Waals surface area contributed by atoms with Gasteiger partial charge in [0.15, 0.2) is 0 Å². The van der Waals surface area contributed by atoms with Crippen LogP contribution in [-0.4, -0.2) is 37.3 Å². The molecule has 1 aromatic carbocycles. The molecule has 1 saturated heterocycles. The summed E-state index contributed by atoms with van der Waals surface area (Å²) in [6.07, 6.45) is 5.38. The normalized spacial score (nSPS) is 17.5. The average Bonchev–Trinajstić information content (AvgIpc) is 3.13. The van der Waals surface area contributed by atoms with Gasteiger partial charge < -0.3 is 9.08 Å². The fourth-order valence-corrected chi connectivity index (χ4v) is 3.72. The van der Waals surface area contributed by atoms with Crippen molar-refractivity contribution in [1.29, 1.82) is 0 Å². The van der Waals surface area contributed by atoms with Crippen LogP contribution in [0.1, 0.15) is 18.0 Å². The van der Waals surface area contributed by atoms with Crippen molar-refractivity contribution >= 4 is 21.5 Å². The van der Waals surface area contributed by atoms with Gasteiger partial charge in [0.25, 0.3) is 5.69 Å². The molecule has 1 atom stereocenters. The molecule has 2 heterocycles. The predicted octanol–water partition coefficient (Wildman–Crippen LogP) is 1.32. The van der Waals surface area contributed by atoms with Crippen LogP contribution in [0.4, 0.5) is 11.4 Å². The van der Waals surface area contributed by atoms with Crippen molar-refractivity contribution in [3.63, 3.8) is 0 Å². The van der Waals surface area contributed by atoms with Crippen molar-refractivity contribution < 1.29 is 22.1 Å². The zero-order chi connectivity index (χ0) is 19.1. The summed E-state index contributed by atoms with van der Waals surface area (Å²) in [5, 5.41) is 11.0. The summed E-state index contributed by atoms with van der Waals surface area (Å²) < 4.78 is 31.6. The van der Waals surface area contributed by atoms with E-state index in [0.29, 0.717) is 12.1 Å². The molecule has 0 radical (unpaired) electrons. The molecule has 9 nitrogen and oxygen atoms in total. The maximum absolute atomic E-state index is 11.5. The molecule has 1 fully saturated rings. The fraction of sp³-hybridized carbons (Fsp3) is 0.438. The second-order valence-electron chi connectivity index (χ2n) is 6.50. The Labute approximate surface area is 151 Å². The third kappa shape index (κ3) is 3.64. The molecule has 1 aliphatic heterocycles. The Morgan fingerprint density at radius 1 is 1.38 bits per heavy atom. The lowest BCUT2D eigenvalue weighted by molar-refractivity contribution is -0.674. The zero-order valence-corrected chi connectivity index (χ0v) is 15.6. The van der Waals surface area contributed by atoms with Gasteiger partial charge in [-0.1, -0.05) is 0 Å². The Hall–Kier alpha value is -2.62. The molecule has 0 amide bonds. The molecule has 0 bridgehead atoms.